The fourth-order valence-corrected chi connectivity index (χ4v) is 4.18. The maximum absolute atomic E-state index is 4.98. The van der Waals surface area contributed by atoms with Crippen LogP contribution in [0.1, 0.15) is 24.9 Å². The summed E-state index contributed by atoms with van der Waals surface area (Å²) in [6, 6.07) is 20.0. The Morgan fingerprint density at radius 1 is 1.05 bits per heavy atom. The molecule has 2 heterocycles. The van der Waals surface area contributed by atoms with Crippen molar-refractivity contribution in [3.8, 4) is 0 Å². The first-order valence-electron chi connectivity index (χ1n) is 7.02. The Morgan fingerprint density at radius 2 is 1.80 bits per heavy atom. The van der Waals surface area contributed by atoms with E-state index in [1.165, 1.54) is 16.1 Å². The molecule has 100 valence electrons. The smallest absolute Gasteiger partial charge is 0.169 e. The van der Waals surface area contributed by atoms with E-state index in [1.807, 2.05) is 0 Å². The summed E-state index contributed by atoms with van der Waals surface area (Å²) in [4.78, 5) is 8.70. The lowest BCUT2D eigenvalue weighted by molar-refractivity contribution is 0.544. The number of anilines is 1. The van der Waals surface area contributed by atoms with Gasteiger partial charge in [-0.05, 0) is 42.8 Å². The highest BCUT2D eigenvalue weighted by molar-refractivity contribution is 8.14. The van der Waals surface area contributed by atoms with Gasteiger partial charge in [-0.25, -0.2) is 0 Å². The normalized spacial score (nSPS) is 24.1. The van der Waals surface area contributed by atoms with Gasteiger partial charge in [0.25, 0.3) is 0 Å². The van der Waals surface area contributed by atoms with Crippen molar-refractivity contribution in [1.82, 2.24) is 0 Å². The van der Waals surface area contributed by atoms with E-state index in [9.17, 15) is 0 Å². The molecule has 0 saturated heterocycles. The summed E-state index contributed by atoms with van der Waals surface area (Å²) < 4.78 is 0. The summed E-state index contributed by atoms with van der Waals surface area (Å²) in [5.74, 6) is 0. The fraction of sp³-hybridized carbons (Fsp3) is 0.235. The first-order chi connectivity index (χ1) is 9.83. The molecule has 0 fully saturated rings. The molecule has 0 aromatic heterocycles. The SMILES string of the molecule is C[C@@H]1C[C@@H](c2ccccc2)N=C2Sc3ccccc3N21. The molecule has 2 aromatic carbocycles. The zero-order valence-corrected chi connectivity index (χ0v) is 12.2. The lowest BCUT2D eigenvalue weighted by Crippen LogP contribution is -2.39. The fourth-order valence-electron chi connectivity index (χ4n) is 3.01. The van der Waals surface area contributed by atoms with E-state index >= 15 is 0 Å². The Hall–Kier alpha value is -1.74. The van der Waals surface area contributed by atoms with Gasteiger partial charge in [0.1, 0.15) is 0 Å². The highest BCUT2D eigenvalue weighted by atomic mass is 32.2. The number of para-hydroxylation sites is 1. The topological polar surface area (TPSA) is 15.6 Å². The number of amidine groups is 1. The van der Waals surface area contributed by atoms with Crippen molar-refractivity contribution < 1.29 is 0 Å². The van der Waals surface area contributed by atoms with E-state index in [4.69, 9.17) is 4.99 Å². The summed E-state index contributed by atoms with van der Waals surface area (Å²) in [6.07, 6.45) is 1.07. The molecule has 0 amide bonds. The Balaban J connectivity index is 1.74. The van der Waals surface area contributed by atoms with Crippen LogP contribution in [0.15, 0.2) is 64.5 Å². The predicted octanol–water partition coefficient (Wildman–Crippen LogP) is 4.49. The highest BCUT2D eigenvalue weighted by Crippen LogP contribution is 2.46. The molecule has 0 radical (unpaired) electrons. The molecular weight excluding hydrogens is 264 g/mol. The van der Waals surface area contributed by atoms with E-state index in [0.717, 1.165) is 11.6 Å². The predicted molar refractivity (Wildman–Crippen MR) is 85.5 cm³/mol. The first-order valence-corrected chi connectivity index (χ1v) is 7.83. The van der Waals surface area contributed by atoms with E-state index in [2.05, 4.69) is 66.4 Å². The van der Waals surface area contributed by atoms with Crippen LogP contribution in [0, 0.1) is 0 Å². The van der Waals surface area contributed by atoms with Gasteiger partial charge in [-0.2, -0.15) is 0 Å². The van der Waals surface area contributed by atoms with Gasteiger partial charge in [-0.1, -0.05) is 42.5 Å². The van der Waals surface area contributed by atoms with Crippen molar-refractivity contribution in [3.05, 3.63) is 60.2 Å². The minimum Gasteiger partial charge on any atom is -0.317 e. The number of hydrogen-bond donors (Lipinski definition) is 0. The number of fused-ring (bicyclic) bond motifs is 3. The number of aliphatic imine (C=N–C) groups is 1. The summed E-state index contributed by atoms with van der Waals surface area (Å²) in [5, 5.41) is 1.15. The van der Waals surface area contributed by atoms with Gasteiger partial charge in [0.2, 0.25) is 0 Å². The Labute approximate surface area is 123 Å². The summed E-state index contributed by atoms with van der Waals surface area (Å²) in [7, 11) is 0. The second-order valence-corrected chi connectivity index (χ2v) is 6.37. The van der Waals surface area contributed by atoms with Gasteiger partial charge in [0.15, 0.2) is 5.17 Å². The molecule has 2 aromatic rings. The Bertz CT molecular complexity index is 666. The zero-order valence-electron chi connectivity index (χ0n) is 11.4. The van der Waals surface area contributed by atoms with Crippen molar-refractivity contribution in [3.63, 3.8) is 0 Å². The summed E-state index contributed by atoms with van der Waals surface area (Å²) in [6.45, 7) is 2.30. The second-order valence-electron chi connectivity index (χ2n) is 5.36. The quantitative estimate of drug-likeness (QED) is 0.765. The number of thioether (sulfide) groups is 1. The highest BCUT2D eigenvalue weighted by Gasteiger charge is 2.35. The average Bonchev–Trinajstić information content (AvgIpc) is 2.87. The van der Waals surface area contributed by atoms with E-state index in [-0.39, 0.29) is 0 Å². The van der Waals surface area contributed by atoms with E-state index < -0.39 is 0 Å². The third-order valence-electron chi connectivity index (χ3n) is 3.99. The third-order valence-corrected chi connectivity index (χ3v) is 5.04. The molecule has 0 aliphatic carbocycles. The van der Waals surface area contributed by atoms with Crippen LogP contribution < -0.4 is 4.90 Å². The minimum absolute atomic E-state index is 0.291. The Morgan fingerprint density at radius 3 is 2.65 bits per heavy atom. The Kier molecular flexibility index (Phi) is 2.81. The molecule has 0 spiro atoms. The summed E-state index contributed by atoms with van der Waals surface area (Å²) in [5.41, 5.74) is 2.64. The molecule has 2 aliphatic rings. The third kappa shape index (κ3) is 1.85. The van der Waals surface area contributed by atoms with Crippen LogP contribution in [-0.4, -0.2) is 11.2 Å². The molecule has 0 N–H and O–H groups in total. The number of hydrogen-bond acceptors (Lipinski definition) is 3. The average molecular weight is 280 g/mol. The molecule has 0 unspecified atom stereocenters. The van der Waals surface area contributed by atoms with Gasteiger partial charge < -0.3 is 4.90 Å². The van der Waals surface area contributed by atoms with Crippen molar-refractivity contribution in [2.75, 3.05) is 4.90 Å². The molecule has 2 aliphatic heterocycles. The van der Waals surface area contributed by atoms with Gasteiger partial charge in [-0.15, -0.1) is 0 Å². The lowest BCUT2D eigenvalue weighted by atomic mass is 9.98. The molecule has 3 heteroatoms. The van der Waals surface area contributed by atoms with Gasteiger partial charge in [0, 0.05) is 10.9 Å². The van der Waals surface area contributed by atoms with Crippen LogP contribution >= 0.6 is 11.8 Å². The largest absolute Gasteiger partial charge is 0.317 e. The van der Waals surface area contributed by atoms with Gasteiger partial charge in [0.05, 0.1) is 11.7 Å². The standard InChI is InChI=1S/C17H16N2S/c1-12-11-14(13-7-3-2-4-8-13)18-17-19(12)15-9-5-6-10-16(15)20-17/h2-10,12,14H,11H2,1H3/t12-,14+/m1/s1. The van der Waals surface area contributed by atoms with E-state index in [1.54, 1.807) is 11.8 Å². The molecule has 4 rings (SSSR count). The van der Waals surface area contributed by atoms with Crippen LogP contribution in [0.5, 0.6) is 0 Å². The maximum atomic E-state index is 4.98. The molecule has 0 bridgehead atoms. The van der Waals surface area contributed by atoms with Crippen molar-refractivity contribution in [2.45, 2.75) is 30.3 Å². The molecule has 2 atom stereocenters. The van der Waals surface area contributed by atoms with Gasteiger partial charge >= 0.3 is 0 Å². The molecular formula is C17H16N2S. The first kappa shape index (κ1) is 12.0. The summed E-state index contributed by atoms with van der Waals surface area (Å²) >= 11 is 1.80. The minimum atomic E-state index is 0.291. The van der Waals surface area contributed by atoms with Crippen LogP contribution in [-0.2, 0) is 0 Å². The lowest BCUT2D eigenvalue weighted by Gasteiger charge is -2.34. The van der Waals surface area contributed by atoms with Crippen LogP contribution in [0.25, 0.3) is 0 Å². The second kappa shape index (κ2) is 4.67. The molecule has 0 saturated carbocycles. The number of rotatable bonds is 1. The van der Waals surface area contributed by atoms with Crippen LogP contribution in [0.2, 0.25) is 0 Å². The monoisotopic (exact) mass is 280 g/mol. The number of nitrogens with zero attached hydrogens (tertiary/aromatic N) is 2. The number of benzene rings is 2. The van der Waals surface area contributed by atoms with Crippen molar-refractivity contribution in [1.29, 1.82) is 0 Å². The maximum Gasteiger partial charge on any atom is 0.169 e. The van der Waals surface area contributed by atoms with E-state index in [0.29, 0.717) is 12.1 Å². The molecule has 20 heavy (non-hydrogen) atoms. The van der Waals surface area contributed by atoms with Crippen molar-refractivity contribution in [2.24, 2.45) is 4.99 Å². The zero-order chi connectivity index (χ0) is 13.5. The molecule has 2 nitrogen and oxygen atoms in total. The van der Waals surface area contributed by atoms with Crippen molar-refractivity contribution >= 4 is 22.6 Å². The van der Waals surface area contributed by atoms with Crippen LogP contribution in [0.4, 0.5) is 5.69 Å². The van der Waals surface area contributed by atoms with Gasteiger partial charge in [-0.3, -0.25) is 4.99 Å². The van der Waals surface area contributed by atoms with Crippen LogP contribution in [0.3, 0.4) is 0 Å².